The van der Waals surface area contributed by atoms with Crippen molar-refractivity contribution in [1.82, 2.24) is 20.3 Å². The van der Waals surface area contributed by atoms with Crippen LogP contribution in [0, 0.1) is 0 Å². The summed E-state index contributed by atoms with van der Waals surface area (Å²) in [5.41, 5.74) is 4.42. The van der Waals surface area contributed by atoms with Gasteiger partial charge in [0.2, 0.25) is 0 Å². The number of pyridine rings is 1. The van der Waals surface area contributed by atoms with Gasteiger partial charge in [0.25, 0.3) is 0 Å². The van der Waals surface area contributed by atoms with Gasteiger partial charge >= 0.3 is 0 Å². The van der Waals surface area contributed by atoms with E-state index < -0.39 is 0 Å². The molecule has 0 bridgehead atoms. The molecule has 1 N–H and O–H groups in total. The minimum Gasteiger partial charge on any atom is -0.311 e. The predicted octanol–water partition coefficient (Wildman–Crippen LogP) is 3.07. The molecule has 2 aromatic heterocycles. The van der Waals surface area contributed by atoms with Crippen LogP contribution >= 0.6 is 15.9 Å². The molecule has 0 atom stereocenters. The highest BCUT2D eigenvalue weighted by atomic mass is 79.9. The van der Waals surface area contributed by atoms with Crippen LogP contribution in [0.3, 0.4) is 0 Å². The fourth-order valence-electron chi connectivity index (χ4n) is 2.49. The first kappa shape index (κ1) is 13.6. The Morgan fingerprint density at radius 1 is 1.25 bits per heavy atom. The van der Waals surface area contributed by atoms with Gasteiger partial charge in [-0.2, -0.15) is 0 Å². The normalized spacial score (nSPS) is 14.4. The number of nitrogens with zero attached hydrogens (tertiary/aromatic N) is 3. The summed E-state index contributed by atoms with van der Waals surface area (Å²) in [5.74, 6) is 1.13. The van der Waals surface area contributed by atoms with E-state index in [1.807, 2.05) is 12.1 Å². The molecule has 1 aliphatic heterocycles. The van der Waals surface area contributed by atoms with E-state index in [1.54, 1.807) is 6.20 Å². The number of aromatic nitrogens is 3. The van der Waals surface area contributed by atoms with Gasteiger partial charge in [-0.05, 0) is 52.5 Å². The monoisotopic (exact) mass is 332 g/mol. The van der Waals surface area contributed by atoms with Crippen LogP contribution in [0.4, 0.5) is 0 Å². The lowest BCUT2D eigenvalue weighted by molar-refractivity contribution is 0.609. The zero-order valence-electron chi connectivity index (χ0n) is 11.7. The quantitative estimate of drug-likeness (QED) is 0.918. The summed E-state index contributed by atoms with van der Waals surface area (Å²) >= 11 is 3.40. The van der Waals surface area contributed by atoms with Crippen LogP contribution in [0.15, 0.2) is 22.8 Å². The second-order valence-electron chi connectivity index (χ2n) is 5.30. The molecular formula is C15H17BrN4. The molecule has 0 saturated heterocycles. The van der Waals surface area contributed by atoms with Crippen molar-refractivity contribution in [3.63, 3.8) is 0 Å². The van der Waals surface area contributed by atoms with Crippen LogP contribution < -0.4 is 5.32 Å². The standard InChI is InChI=1S/C15H17BrN4/c1-9(2)14-11-5-6-17-8-13(11)19-15(20-14)12-4-3-10(16)7-18-12/h3-4,7,9,17H,5-6,8H2,1-2H3. The van der Waals surface area contributed by atoms with E-state index in [2.05, 4.69) is 40.1 Å². The van der Waals surface area contributed by atoms with E-state index in [9.17, 15) is 0 Å². The van der Waals surface area contributed by atoms with Crippen molar-refractivity contribution < 1.29 is 0 Å². The molecule has 104 valence electrons. The largest absolute Gasteiger partial charge is 0.311 e. The van der Waals surface area contributed by atoms with Crippen LogP contribution in [0.2, 0.25) is 0 Å². The number of hydrogen-bond acceptors (Lipinski definition) is 4. The van der Waals surface area contributed by atoms with Gasteiger partial charge in [-0.3, -0.25) is 4.98 Å². The molecule has 0 amide bonds. The Morgan fingerprint density at radius 3 is 2.80 bits per heavy atom. The Labute approximate surface area is 127 Å². The van der Waals surface area contributed by atoms with Gasteiger partial charge in [-0.15, -0.1) is 0 Å². The third-order valence-electron chi connectivity index (χ3n) is 3.47. The van der Waals surface area contributed by atoms with Gasteiger partial charge in [0.15, 0.2) is 5.82 Å². The molecule has 1 aliphatic rings. The third-order valence-corrected chi connectivity index (χ3v) is 3.94. The van der Waals surface area contributed by atoms with Crippen LogP contribution in [-0.2, 0) is 13.0 Å². The molecule has 0 radical (unpaired) electrons. The van der Waals surface area contributed by atoms with Crippen molar-refractivity contribution >= 4 is 15.9 Å². The molecule has 0 spiro atoms. The molecule has 0 aromatic carbocycles. The lowest BCUT2D eigenvalue weighted by atomic mass is 9.97. The van der Waals surface area contributed by atoms with Gasteiger partial charge in [0.1, 0.15) is 5.69 Å². The van der Waals surface area contributed by atoms with E-state index in [0.717, 1.165) is 46.9 Å². The molecule has 20 heavy (non-hydrogen) atoms. The van der Waals surface area contributed by atoms with Crippen molar-refractivity contribution in [2.45, 2.75) is 32.7 Å². The Kier molecular flexibility index (Phi) is 3.81. The lowest BCUT2D eigenvalue weighted by Gasteiger charge is -2.21. The smallest absolute Gasteiger partial charge is 0.178 e. The highest BCUT2D eigenvalue weighted by Crippen LogP contribution is 2.25. The van der Waals surface area contributed by atoms with E-state index in [-0.39, 0.29) is 0 Å². The molecule has 3 heterocycles. The first-order valence-corrected chi connectivity index (χ1v) is 7.67. The van der Waals surface area contributed by atoms with Crippen molar-refractivity contribution in [3.8, 4) is 11.5 Å². The first-order valence-electron chi connectivity index (χ1n) is 6.87. The lowest BCUT2D eigenvalue weighted by Crippen LogP contribution is -2.27. The fraction of sp³-hybridized carbons (Fsp3) is 0.400. The van der Waals surface area contributed by atoms with Crippen molar-refractivity contribution in [1.29, 1.82) is 0 Å². The second kappa shape index (κ2) is 5.58. The topological polar surface area (TPSA) is 50.7 Å². The summed E-state index contributed by atoms with van der Waals surface area (Å²) in [6.07, 6.45) is 2.79. The number of fused-ring (bicyclic) bond motifs is 1. The maximum Gasteiger partial charge on any atom is 0.178 e. The maximum atomic E-state index is 4.77. The minimum absolute atomic E-state index is 0.402. The molecule has 0 aliphatic carbocycles. The van der Waals surface area contributed by atoms with E-state index in [1.165, 1.54) is 5.56 Å². The first-order chi connectivity index (χ1) is 9.65. The summed E-state index contributed by atoms with van der Waals surface area (Å²) in [6.45, 7) is 6.19. The Hall–Kier alpha value is -1.33. The van der Waals surface area contributed by atoms with Crippen LogP contribution in [0.1, 0.15) is 36.7 Å². The highest BCUT2D eigenvalue weighted by molar-refractivity contribution is 9.10. The van der Waals surface area contributed by atoms with E-state index >= 15 is 0 Å². The zero-order chi connectivity index (χ0) is 14.1. The van der Waals surface area contributed by atoms with Gasteiger partial charge in [0.05, 0.1) is 11.4 Å². The van der Waals surface area contributed by atoms with E-state index in [0.29, 0.717) is 5.92 Å². The average Bonchev–Trinajstić information content (AvgIpc) is 2.46. The van der Waals surface area contributed by atoms with Crippen molar-refractivity contribution in [2.75, 3.05) is 6.54 Å². The Balaban J connectivity index is 2.12. The molecule has 2 aromatic rings. The van der Waals surface area contributed by atoms with Crippen LogP contribution in [-0.4, -0.2) is 21.5 Å². The van der Waals surface area contributed by atoms with Crippen LogP contribution in [0.5, 0.6) is 0 Å². The summed E-state index contributed by atoms with van der Waals surface area (Å²) in [6, 6.07) is 3.92. The maximum absolute atomic E-state index is 4.77. The zero-order valence-corrected chi connectivity index (χ0v) is 13.2. The molecule has 5 heteroatoms. The molecule has 0 unspecified atom stereocenters. The summed E-state index contributed by atoms with van der Waals surface area (Å²) in [4.78, 5) is 13.9. The molecule has 0 saturated carbocycles. The SMILES string of the molecule is CC(C)c1nc(-c2ccc(Br)cn2)nc2c1CCNC2. The third kappa shape index (κ3) is 2.60. The van der Waals surface area contributed by atoms with Crippen LogP contribution in [0.25, 0.3) is 11.5 Å². The summed E-state index contributed by atoms with van der Waals surface area (Å²) < 4.78 is 0.963. The van der Waals surface area contributed by atoms with Gasteiger partial charge in [0, 0.05) is 17.2 Å². The number of hydrogen-bond donors (Lipinski definition) is 1. The minimum atomic E-state index is 0.402. The summed E-state index contributed by atoms with van der Waals surface area (Å²) in [5, 5.41) is 3.38. The Bertz CT molecular complexity index is 623. The van der Waals surface area contributed by atoms with Gasteiger partial charge in [-0.25, -0.2) is 9.97 Å². The number of halogens is 1. The van der Waals surface area contributed by atoms with Crippen molar-refractivity contribution in [2.24, 2.45) is 0 Å². The molecule has 4 nitrogen and oxygen atoms in total. The summed E-state index contributed by atoms with van der Waals surface area (Å²) in [7, 11) is 0. The number of rotatable bonds is 2. The van der Waals surface area contributed by atoms with Gasteiger partial charge < -0.3 is 5.32 Å². The Morgan fingerprint density at radius 2 is 2.10 bits per heavy atom. The molecule has 0 fully saturated rings. The van der Waals surface area contributed by atoms with Crippen molar-refractivity contribution in [3.05, 3.63) is 39.8 Å². The van der Waals surface area contributed by atoms with E-state index in [4.69, 9.17) is 9.97 Å². The highest BCUT2D eigenvalue weighted by Gasteiger charge is 2.20. The number of nitrogens with one attached hydrogen (secondary N) is 1. The predicted molar refractivity (Wildman–Crippen MR) is 82.5 cm³/mol. The van der Waals surface area contributed by atoms with Gasteiger partial charge in [-0.1, -0.05) is 13.8 Å². The average molecular weight is 333 g/mol. The molecular weight excluding hydrogens is 316 g/mol. The molecule has 3 rings (SSSR count). The second-order valence-corrected chi connectivity index (χ2v) is 6.22. The fourth-order valence-corrected chi connectivity index (χ4v) is 2.72.